The van der Waals surface area contributed by atoms with E-state index in [0.717, 1.165) is 17.1 Å². The summed E-state index contributed by atoms with van der Waals surface area (Å²) >= 11 is 0. The number of aryl methyl sites for hydroxylation is 1. The number of rotatable bonds is 6. The van der Waals surface area contributed by atoms with E-state index in [0.29, 0.717) is 11.5 Å². The van der Waals surface area contributed by atoms with Crippen LogP contribution in [0.3, 0.4) is 0 Å². The van der Waals surface area contributed by atoms with E-state index in [1.165, 1.54) is 11.8 Å². The van der Waals surface area contributed by atoms with Gasteiger partial charge in [0.05, 0.1) is 0 Å². The van der Waals surface area contributed by atoms with Gasteiger partial charge in [0.15, 0.2) is 6.61 Å². The maximum atomic E-state index is 12.6. The van der Waals surface area contributed by atoms with Crippen LogP contribution in [-0.4, -0.2) is 27.9 Å². The molecule has 0 amide bonds. The van der Waals surface area contributed by atoms with Crippen LogP contribution in [0, 0.1) is 13.8 Å². The Balaban J connectivity index is 1.77. The van der Waals surface area contributed by atoms with Gasteiger partial charge in [0.2, 0.25) is 5.78 Å². The number of benzene rings is 1. The van der Waals surface area contributed by atoms with Crippen molar-refractivity contribution in [3.63, 3.8) is 0 Å². The molecule has 28 heavy (non-hydrogen) atoms. The van der Waals surface area contributed by atoms with E-state index in [-0.39, 0.29) is 18.1 Å². The highest BCUT2D eigenvalue weighted by molar-refractivity contribution is 6.00. The molecule has 0 aliphatic heterocycles. The summed E-state index contributed by atoms with van der Waals surface area (Å²) in [5.41, 5.74) is 4.79. The van der Waals surface area contributed by atoms with Gasteiger partial charge in [0.1, 0.15) is 5.69 Å². The topological polar surface area (TPSA) is 61.2 Å². The van der Waals surface area contributed by atoms with Crippen molar-refractivity contribution < 1.29 is 14.3 Å². The Kier molecular flexibility index (Phi) is 5.73. The summed E-state index contributed by atoms with van der Waals surface area (Å²) in [5, 5.41) is 0. The van der Waals surface area contributed by atoms with Gasteiger partial charge in [-0.15, -0.1) is 0 Å². The number of carbonyl (C=O) groups excluding carboxylic acids is 2. The van der Waals surface area contributed by atoms with Crippen LogP contribution < -0.4 is 0 Å². The molecule has 5 heteroatoms. The lowest BCUT2D eigenvalue weighted by Crippen LogP contribution is -2.15. The first kappa shape index (κ1) is 19.5. The molecule has 2 heterocycles. The molecule has 0 fully saturated rings. The Morgan fingerprint density at radius 1 is 1.07 bits per heavy atom. The average Bonchev–Trinajstić information content (AvgIpc) is 3.00. The van der Waals surface area contributed by atoms with Gasteiger partial charge in [0.25, 0.3) is 0 Å². The van der Waals surface area contributed by atoms with E-state index in [2.05, 4.69) is 43.1 Å². The van der Waals surface area contributed by atoms with Crippen molar-refractivity contribution in [1.29, 1.82) is 0 Å². The van der Waals surface area contributed by atoms with Crippen LogP contribution in [0.5, 0.6) is 0 Å². The molecule has 3 aromatic rings. The molecule has 2 aromatic heterocycles. The largest absolute Gasteiger partial charge is 0.453 e. The van der Waals surface area contributed by atoms with Crippen LogP contribution in [-0.2, 0) is 4.74 Å². The molecule has 0 radical (unpaired) electrons. The molecule has 1 aromatic carbocycles. The molecule has 0 aliphatic rings. The fourth-order valence-electron chi connectivity index (χ4n) is 3.22. The minimum Gasteiger partial charge on any atom is -0.453 e. The second kappa shape index (κ2) is 8.21. The predicted molar refractivity (Wildman–Crippen MR) is 108 cm³/mol. The molecule has 0 atom stereocenters. The van der Waals surface area contributed by atoms with Gasteiger partial charge in [-0.3, -0.25) is 4.79 Å². The second-order valence-corrected chi connectivity index (χ2v) is 7.08. The highest BCUT2D eigenvalue weighted by atomic mass is 16.5. The van der Waals surface area contributed by atoms with Gasteiger partial charge >= 0.3 is 5.97 Å². The van der Waals surface area contributed by atoms with Gasteiger partial charge in [-0.05, 0) is 55.7 Å². The van der Waals surface area contributed by atoms with E-state index in [4.69, 9.17) is 4.74 Å². The number of pyridine rings is 1. The molecule has 3 rings (SSSR count). The number of carbonyl (C=O) groups is 2. The van der Waals surface area contributed by atoms with Crippen LogP contribution in [0.1, 0.15) is 57.6 Å². The van der Waals surface area contributed by atoms with Crippen molar-refractivity contribution in [1.82, 2.24) is 9.55 Å². The summed E-state index contributed by atoms with van der Waals surface area (Å²) in [6.45, 7) is 7.86. The number of Topliss-reactive ketones (excluding diaryl/α,β-unsaturated/α-hetero) is 1. The van der Waals surface area contributed by atoms with E-state index in [9.17, 15) is 9.59 Å². The molecular weight excluding hydrogens is 352 g/mol. The fourth-order valence-corrected chi connectivity index (χ4v) is 3.22. The number of ether oxygens (including phenoxy) is 1. The van der Waals surface area contributed by atoms with E-state index in [1.54, 1.807) is 18.2 Å². The Bertz CT molecular complexity index is 987. The molecule has 0 N–H and O–H groups in total. The molecule has 5 nitrogen and oxygen atoms in total. The first-order valence-corrected chi connectivity index (χ1v) is 9.29. The number of hydrogen-bond acceptors (Lipinski definition) is 4. The second-order valence-electron chi connectivity index (χ2n) is 7.08. The summed E-state index contributed by atoms with van der Waals surface area (Å²) < 4.78 is 7.18. The van der Waals surface area contributed by atoms with E-state index < -0.39 is 5.97 Å². The highest BCUT2D eigenvalue weighted by Crippen LogP contribution is 2.23. The quantitative estimate of drug-likeness (QED) is 0.464. The van der Waals surface area contributed by atoms with Crippen LogP contribution in [0.25, 0.3) is 5.69 Å². The van der Waals surface area contributed by atoms with Crippen molar-refractivity contribution in [3.05, 3.63) is 82.9 Å². The average molecular weight is 376 g/mol. The van der Waals surface area contributed by atoms with Crippen molar-refractivity contribution >= 4 is 11.8 Å². The SMILES string of the molecule is Cc1cc(C(=O)COC(=O)c2ccccn2)c(C)n1-c1ccc(C(C)C)cc1. The standard InChI is InChI=1S/C23H24N2O3/c1-15(2)18-8-10-19(11-9-18)25-16(3)13-20(17(25)4)22(26)14-28-23(27)21-7-5-6-12-24-21/h5-13,15H,14H2,1-4H3. The zero-order chi connectivity index (χ0) is 20.3. The molecule has 0 spiro atoms. The number of hydrogen-bond donors (Lipinski definition) is 0. The zero-order valence-corrected chi connectivity index (χ0v) is 16.6. The maximum absolute atomic E-state index is 12.6. The van der Waals surface area contributed by atoms with Gasteiger partial charge in [-0.2, -0.15) is 0 Å². The lowest BCUT2D eigenvalue weighted by molar-refractivity contribution is 0.0468. The Hall–Kier alpha value is -3.21. The third kappa shape index (κ3) is 4.03. The van der Waals surface area contributed by atoms with Crippen LogP contribution in [0.2, 0.25) is 0 Å². The zero-order valence-electron chi connectivity index (χ0n) is 16.6. The Morgan fingerprint density at radius 2 is 1.79 bits per heavy atom. The molecule has 0 saturated heterocycles. The molecule has 0 bridgehead atoms. The molecule has 144 valence electrons. The van der Waals surface area contributed by atoms with Gasteiger partial charge in [0, 0.05) is 28.8 Å². The monoisotopic (exact) mass is 376 g/mol. The van der Waals surface area contributed by atoms with Crippen molar-refractivity contribution in [2.75, 3.05) is 6.61 Å². The van der Waals surface area contributed by atoms with E-state index >= 15 is 0 Å². The van der Waals surface area contributed by atoms with Crippen molar-refractivity contribution in [2.45, 2.75) is 33.6 Å². The third-order valence-electron chi connectivity index (χ3n) is 4.76. The minimum absolute atomic E-state index is 0.186. The first-order chi connectivity index (χ1) is 13.4. The summed E-state index contributed by atoms with van der Waals surface area (Å²) in [6.07, 6.45) is 1.51. The molecule has 0 saturated carbocycles. The molecule has 0 unspecified atom stereocenters. The van der Waals surface area contributed by atoms with Crippen LogP contribution >= 0.6 is 0 Å². The lowest BCUT2D eigenvalue weighted by atomic mass is 10.0. The van der Waals surface area contributed by atoms with Gasteiger partial charge in [-0.25, -0.2) is 9.78 Å². The predicted octanol–water partition coefficient (Wildman–Crippen LogP) is 4.65. The summed E-state index contributed by atoms with van der Waals surface area (Å²) in [5.74, 6) is -0.374. The van der Waals surface area contributed by atoms with Crippen molar-refractivity contribution in [2.24, 2.45) is 0 Å². The number of aromatic nitrogens is 2. The summed E-state index contributed by atoms with van der Waals surface area (Å²) in [4.78, 5) is 28.6. The van der Waals surface area contributed by atoms with Gasteiger partial charge in [-0.1, -0.05) is 32.0 Å². The third-order valence-corrected chi connectivity index (χ3v) is 4.76. The number of ketones is 1. The summed E-state index contributed by atoms with van der Waals surface area (Å²) in [6, 6.07) is 15.1. The lowest BCUT2D eigenvalue weighted by Gasteiger charge is -2.12. The van der Waals surface area contributed by atoms with E-state index in [1.807, 2.05) is 24.5 Å². The Morgan fingerprint density at radius 3 is 2.39 bits per heavy atom. The fraction of sp³-hybridized carbons (Fsp3) is 0.261. The maximum Gasteiger partial charge on any atom is 0.357 e. The van der Waals surface area contributed by atoms with Crippen LogP contribution in [0.15, 0.2) is 54.7 Å². The van der Waals surface area contributed by atoms with Crippen LogP contribution in [0.4, 0.5) is 0 Å². The molecule has 0 aliphatic carbocycles. The van der Waals surface area contributed by atoms with Gasteiger partial charge < -0.3 is 9.30 Å². The molecular formula is C23H24N2O3. The minimum atomic E-state index is -0.605. The number of nitrogens with zero attached hydrogens (tertiary/aromatic N) is 2. The smallest absolute Gasteiger partial charge is 0.357 e. The number of esters is 1. The van der Waals surface area contributed by atoms with Crippen molar-refractivity contribution in [3.8, 4) is 5.69 Å². The first-order valence-electron chi connectivity index (χ1n) is 9.29. The summed E-state index contributed by atoms with van der Waals surface area (Å²) in [7, 11) is 0. The highest BCUT2D eigenvalue weighted by Gasteiger charge is 2.19. The Labute approximate surface area is 165 Å². The normalized spacial score (nSPS) is 10.9.